The van der Waals surface area contributed by atoms with E-state index in [1.807, 2.05) is 18.2 Å². The van der Waals surface area contributed by atoms with E-state index in [4.69, 9.17) is 35.9 Å². The van der Waals surface area contributed by atoms with Crippen molar-refractivity contribution in [1.29, 1.82) is 0 Å². The average molecular weight is 613 g/mol. The Labute approximate surface area is 240 Å². The molecule has 12 nitrogen and oxygen atoms in total. The van der Waals surface area contributed by atoms with Crippen LogP contribution in [-0.4, -0.2) is 57.3 Å². The number of nitrogen functional groups attached to an aromatic ring is 1. The highest BCUT2D eigenvalue weighted by Gasteiger charge is 2.56. The normalized spacial score (nSPS) is 24.7. The summed E-state index contributed by atoms with van der Waals surface area (Å²) in [6.07, 6.45) is -4.34. The molecule has 1 aliphatic rings. The lowest BCUT2D eigenvalue weighted by molar-refractivity contribution is -0.149. The molecule has 1 aromatic heterocycles. The van der Waals surface area contributed by atoms with Crippen LogP contribution in [0, 0.1) is 0 Å². The lowest BCUT2D eigenvalue weighted by atomic mass is 9.98. The average Bonchev–Trinajstić information content (AvgIpc) is 3.13. The first kappa shape index (κ1) is 30.9. The lowest BCUT2D eigenvalue weighted by Gasteiger charge is -2.26. The number of halogens is 2. The molecule has 6 atom stereocenters. The number of carbonyl (C=O) groups is 1. The second-order valence-corrected chi connectivity index (χ2v) is 12.1. The van der Waals surface area contributed by atoms with Gasteiger partial charge in [-0.25, -0.2) is 13.8 Å². The Morgan fingerprint density at radius 1 is 1.29 bits per heavy atom. The molecule has 15 heteroatoms. The Hall–Kier alpha value is -3.06. The molecule has 4 rings (SSSR count). The van der Waals surface area contributed by atoms with Crippen molar-refractivity contribution in [3.63, 3.8) is 0 Å². The molecule has 0 bridgehead atoms. The largest absolute Gasteiger partial charge is 0.462 e. The molecule has 0 aliphatic carbocycles. The summed E-state index contributed by atoms with van der Waals surface area (Å²) in [4.78, 5) is 28.4. The van der Waals surface area contributed by atoms with Crippen LogP contribution in [0.4, 0.5) is 10.2 Å². The Bertz CT molecular complexity index is 1530. The van der Waals surface area contributed by atoms with Gasteiger partial charge in [0, 0.05) is 11.6 Å². The second kappa shape index (κ2) is 12.0. The fraction of sp³-hybridized carbons (Fsp3) is 0.423. The molecule has 3 aromatic rings. The monoisotopic (exact) mass is 612 g/mol. The summed E-state index contributed by atoms with van der Waals surface area (Å²) in [6.45, 7) is 5.08. The van der Waals surface area contributed by atoms with E-state index in [1.54, 1.807) is 38.1 Å². The van der Waals surface area contributed by atoms with Crippen LogP contribution in [0.3, 0.4) is 0 Å². The number of hydrogen-bond acceptors (Lipinski definition) is 10. The van der Waals surface area contributed by atoms with E-state index in [1.165, 1.54) is 6.92 Å². The van der Waals surface area contributed by atoms with Crippen LogP contribution in [0.25, 0.3) is 10.8 Å². The fourth-order valence-electron chi connectivity index (χ4n) is 4.27. The minimum atomic E-state index is -4.42. The molecule has 2 heterocycles. The molecule has 0 radical (unpaired) electrons. The predicted octanol–water partition coefficient (Wildman–Crippen LogP) is 3.75. The van der Waals surface area contributed by atoms with Crippen molar-refractivity contribution in [1.82, 2.24) is 14.6 Å². The molecule has 1 saturated heterocycles. The molecule has 0 amide bonds. The molecule has 41 heavy (non-hydrogen) atoms. The summed E-state index contributed by atoms with van der Waals surface area (Å²) in [7, 11) is -4.42. The van der Waals surface area contributed by atoms with Crippen molar-refractivity contribution in [2.45, 2.75) is 63.9 Å². The smallest absolute Gasteiger partial charge is 0.459 e. The number of rotatable bonds is 10. The van der Waals surface area contributed by atoms with Gasteiger partial charge in [-0.15, -0.1) is 0 Å². The highest BCUT2D eigenvalue weighted by atomic mass is 35.5. The summed E-state index contributed by atoms with van der Waals surface area (Å²) in [5.74, 6) is -0.792. The van der Waals surface area contributed by atoms with Crippen LogP contribution in [0.5, 0.6) is 5.75 Å². The van der Waals surface area contributed by atoms with Crippen molar-refractivity contribution in [3.05, 3.63) is 64.2 Å². The van der Waals surface area contributed by atoms with Gasteiger partial charge in [0.25, 0.3) is 0 Å². The van der Waals surface area contributed by atoms with Crippen molar-refractivity contribution < 1.29 is 37.4 Å². The fourth-order valence-corrected chi connectivity index (χ4v) is 5.94. The number of aromatic nitrogens is 2. The van der Waals surface area contributed by atoms with E-state index in [0.29, 0.717) is 5.39 Å². The number of esters is 1. The molecule has 1 fully saturated rings. The van der Waals surface area contributed by atoms with E-state index in [0.717, 1.165) is 23.1 Å². The van der Waals surface area contributed by atoms with Gasteiger partial charge < -0.3 is 24.8 Å². The second-order valence-electron chi connectivity index (χ2n) is 9.99. The van der Waals surface area contributed by atoms with E-state index in [-0.39, 0.29) is 16.6 Å². The maximum absolute atomic E-state index is 15.7. The van der Waals surface area contributed by atoms with Gasteiger partial charge in [0.2, 0.25) is 0 Å². The number of nitrogens with zero attached hydrogens (tertiary/aromatic N) is 2. The number of fused-ring (bicyclic) bond motifs is 1. The van der Waals surface area contributed by atoms with Crippen LogP contribution in [-0.2, 0) is 23.4 Å². The van der Waals surface area contributed by atoms with Gasteiger partial charge in [-0.1, -0.05) is 48.0 Å². The van der Waals surface area contributed by atoms with Gasteiger partial charge in [0.05, 0.1) is 17.7 Å². The van der Waals surface area contributed by atoms with E-state index in [9.17, 15) is 19.3 Å². The Morgan fingerprint density at radius 3 is 2.68 bits per heavy atom. The summed E-state index contributed by atoms with van der Waals surface area (Å²) in [5, 5.41) is 14.6. The number of hydrogen-bond donors (Lipinski definition) is 3. The Morgan fingerprint density at radius 2 is 1.98 bits per heavy atom. The first-order valence-corrected chi connectivity index (χ1v) is 14.6. The number of nitrogens with one attached hydrogen (secondary N) is 1. The van der Waals surface area contributed by atoms with E-state index >= 15 is 4.39 Å². The number of aliphatic hydroxyl groups excluding tert-OH is 1. The van der Waals surface area contributed by atoms with Gasteiger partial charge in [-0.2, -0.15) is 10.1 Å². The summed E-state index contributed by atoms with van der Waals surface area (Å²) in [6, 6.07) is 11.1. The zero-order chi connectivity index (χ0) is 30.1. The zero-order valence-electron chi connectivity index (χ0n) is 22.7. The number of nitrogens with two attached hydrogens (primary N) is 1. The van der Waals surface area contributed by atoms with Gasteiger partial charge in [0.1, 0.15) is 29.8 Å². The molecule has 222 valence electrons. The van der Waals surface area contributed by atoms with Crippen LogP contribution >= 0.6 is 19.3 Å². The number of alkyl halides is 1. The Kier molecular flexibility index (Phi) is 9.07. The number of benzene rings is 2. The molecule has 2 aromatic carbocycles. The van der Waals surface area contributed by atoms with Crippen molar-refractivity contribution in [2.24, 2.45) is 0 Å². The van der Waals surface area contributed by atoms with E-state index < -0.39 is 62.3 Å². The molecular weight excluding hydrogens is 582 g/mol. The highest BCUT2D eigenvalue weighted by molar-refractivity contribution is 7.52. The molecule has 0 unspecified atom stereocenters. The van der Waals surface area contributed by atoms with Gasteiger partial charge in [0.15, 0.2) is 11.9 Å². The van der Waals surface area contributed by atoms with Crippen LogP contribution in [0.15, 0.2) is 53.5 Å². The lowest BCUT2D eigenvalue weighted by Crippen LogP contribution is -2.43. The minimum absolute atomic E-state index is 0.127. The van der Waals surface area contributed by atoms with Gasteiger partial charge in [-0.3, -0.25) is 13.9 Å². The first-order chi connectivity index (χ1) is 19.2. The third kappa shape index (κ3) is 6.72. The molecule has 0 saturated carbocycles. The molecule has 0 spiro atoms. The third-order valence-corrected chi connectivity index (χ3v) is 8.26. The quantitative estimate of drug-likeness (QED) is 0.226. The third-order valence-electron chi connectivity index (χ3n) is 6.34. The standard InChI is InChI=1S/C26H31ClFN4O8P/c1-14(2)38-23(34)15(3)31-41(36,40-19-11-7-9-16-8-5-6-10-17(16)19)37-13-20-21(33)26(4,28)24(39-20)32-12-18(27)22(29)30-25(32)35/h5-12,14-15,20-21,24,33H,13H2,1-4H3,(H,31,36)(H2,29,30,35)/t15-,20-,21-,24-,26-,41-/m1/s1. The number of anilines is 1. The zero-order valence-corrected chi connectivity index (χ0v) is 24.3. The Balaban J connectivity index is 1.60. The molecule has 4 N–H and O–H groups in total. The predicted molar refractivity (Wildman–Crippen MR) is 149 cm³/mol. The van der Waals surface area contributed by atoms with Gasteiger partial charge in [-0.05, 0) is 39.1 Å². The van der Waals surface area contributed by atoms with Crippen molar-refractivity contribution in [2.75, 3.05) is 12.3 Å². The van der Waals surface area contributed by atoms with Crippen LogP contribution in [0.2, 0.25) is 5.02 Å². The SMILES string of the molecule is CC(C)OC(=O)[C@@H](C)N[P@@](=O)(OC[C@H]1O[C@@H](n2cc(Cl)c(N)nc2=O)[C@](C)(F)[C@@H]1O)Oc1cccc2ccccc12. The highest BCUT2D eigenvalue weighted by Crippen LogP contribution is 2.49. The summed E-state index contributed by atoms with van der Waals surface area (Å²) >= 11 is 5.96. The number of carbonyl (C=O) groups excluding carboxylic acids is 1. The van der Waals surface area contributed by atoms with E-state index in [2.05, 4.69) is 10.1 Å². The van der Waals surface area contributed by atoms with Crippen LogP contribution in [0.1, 0.15) is 33.9 Å². The van der Waals surface area contributed by atoms with Crippen molar-refractivity contribution in [3.8, 4) is 5.75 Å². The summed E-state index contributed by atoms with van der Waals surface area (Å²) < 4.78 is 52.8. The summed E-state index contributed by atoms with van der Waals surface area (Å²) in [5.41, 5.74) is 2.06. The minimum Gasteiger partial charge on any atom is -0.462 e. The molecule has 1 aliphatic heterocycles. The van der Waals surface area contributed by atoms with Crippen LogP contribution < -0.4 is 21.0 Å². The maximum atomic E-state index is 15.7. The molecular formula is C26H31ClFN4O8P. The number of aliphatic hydroxyl groups is 1. The first-order valence-electron chi connectivity index (χ1n) is 12.7. The topological polar surface area (TPSA) is 164 Å². The number of ether oxygens (including phenoxy) is 2. The maximum Gasteiger partial charge on any atom is 0.459 e. The van der Waals surface area contributed by atoms with Gasteiger partial charge >= 0.3 is 19.4 Å². The van der Waals surface area contributed by atoms with Crippen molar-refractivity contribution >= 4 is 41.9 Å².